The van der Waals surface area contributed by atoms with E-state index in [1.165, 1.54) is 6.92 Å². The monoisotopic (exact) mass is 362 g/mol. The number of aliphatic hydroxyl groups excluding tert-OH is 2. The third-order valence-corrected chi connectivity index (χ3v) is 3.17. The Labute approximate surface area is 148 Å². The van der Waals surface area contributed by atoms with Crippen molar-refractivity contribution in [2.24, 2.45) is 5.92 Å². The Morgan fingerprint density at radius 2 is 1.48 bits per heavy atom. The van der Waals surface area contributed by atoms with Crippen LogP contribution in [0.4, 0.5) is 0 Å². The second-order valence-corrected chi connectivity index (χ2v) is 5.68. The van der Waals surface area contributed by atoms with Gasteiger partial charge < -0.3 is 29.2 Å². The summed E-state index contributed by atoms with van der Waals surface area (Å²) in [4.78, 5) is 33.6. The second-order valence-electron chi connectivity index (χ2n) is 5.68. The Kier molecular flexibility index (Phi) is 11.1. The lowest BCUT2D eigenvalue weighted by atomic mass is 9.96. The molecular formula is C15H27BO9. The molecule has 0 fully saturated rings. The molecule has 10 heteroatoms. The van der Waals surface area contributed by atoms with Crippen molar-refractivity contribution in [3.8, 4) is 0 Å². The van der Waals surface area contributed by atoms with Gasteiger partial charge in [0.2, 0.25) is 0 Å². The topological polar surface area (TPSA) is 129 Å². The first-order valence-corrected chi connectivity index (χ1v) is 8.05. The maximum absolute atomic E-state index is 11.4. The van der Waals surface area contributed by atoms with Gasteiger partial charge in [-0.1, -0.05) is 13.2 Å². The summed E-state index contributed by atoms with van der Waals surface area (Å²) < 4.78 is 20.0. The molecule has 144 valence electrons. The van der Waals surface area contributed by atoms with E-state index in [-0.39, 0.29) is 13.2 Å². The zero-order valence-electron chi connectivity index (χ0n) is 15.3. The molecule has 0 heterocycles. The van der Waals surface area contributed by atoms with Crippen LogP contribution in [0.15, 0.2) is 0 Å². The minimum Gasteiger partial charge on any atom is -0.465 e. The Morgan fingerprint density at radius 1 is 0.960 bits per heavy atom. The van der Waals surface area contributed by atoms with Gasteiger partial charge in [-0.25, -0.2) is 0 Å². The Morgan fingerprint density at radius 3 is 1.92 bits per heavy atom. The number of hydrogen-bond acceptors (Lipinski definition) is 9. The van der Waals surface area contributed by atoms with Crippen LogP contribution in [0, 0.1) is 5.92 Å². The summed E-state index contributed by atoms with van der Waals surface area (Å²) in [6.07, 6.45) is -5.24. The summed E-state index contributed by atoms with van der Waals surface area (Å²) in [5, 5.41) is 20.6. The van der Waals surface area contributed by atoms with Gasteiger partial charge in [0.1, 0.15) is 14.0 Å². The van der Waals surface area contributed by atoms with E-state index in [9.17, 15) is 24.6 Å². The number of carbonyl (C=O) groups excluding carboxylic acids is 3. The molecule has 0 aliphatic carbocycles. The van der Waals surface area contributed by atoms with Crippen molar-refractivity contribution in [1.29, 1.82) is 0 Å². The maximum Gasteiger partial charge on any atom is 0.303 e. The molecule has 0 rings (SSSR count). The number of rotatable bonds is 11. The van der Waals surface area contributed by atoms with E-state index in [1.54, 1.807) is 6.92 Å². The van der Waals surface area contributed by atoms with Crippen LogP contribution in [0.3, 0.4) is 0 Å². The number of ether oxygens (including phenoxy) is 4. The molecule has 0 saturated heterocycles. The molecule has 0 bridgehead atoms. The van der Waals surface area contributed by atoms with Crippen molar-refractivity contribution in [2.45, 2.75) is 58.6 Å². The third kappa shape index (κ3) is 9.42. The number of hydrogen-bond donors (Lipinski definition) is 2. The number of aliphatic hydroxyl groups is 2. The van der Waals surface area contributed by atoms with Crippen molar-refractivity contribution in [3.05, 3.63) is 0 Å². The third-order valence-electron chi connectivity index (χ3n) is 3.17. The number of esters is 3. The first-order chi connectivity index (χ1) is 11.6. The summed E-state index contributed by atoms with van der Waals surface area (Å²) in [5.74, 6) is -2.69. The molecule has 0 aliphatic heterocycles. The Hall–Kier alpha value is -1.65. The van der Waals surface area contributed by atoms with Crippen LogP contribution in [0.1, 0.15) is 27.7 Å². The molecule has 25 heavy (non-hydrogen) atoms. The largest absolute Gasteiger partial charge is 0.465 e. The summed E-state index contributed by atoms with van der Waals surface area (Å²) in [7, 11) is 1.81. The van der Waals surface area contributed by atoms with E-state index in [2.05, 4.69) is 0 Å². The highest BCUT2D eigenvalue weighted by atomic mass is 16.7. The smallest absolute Gasteiger partial charge is 0.303 e. The lowest BCUT2D eigenvalue weighted by Crippen LogP contribution is -2.52. The first kappa shape index (κ1) is 23.4. The second kappa shape index (κ2) is 11.8. The van der Waals surface area contributed by atoms with Crippen molar-refractivity contribution in [2.75, 3.05) is 13.2 Å². The maximum atomic E-state index is 11.4. The van der Waals surface area contributed by atoms with Crippen LogP contribution < -0.4 is 0 Å². The fraction of sp³-hybridized carbons (Fsp3) is 0.800. The molecule has 5 atom stereocenters. The van der Waals surface area contributed by atoms with E-state index >= 15 is 0 Å². The molecule has 0 saturated carbocycles. The van der Waals surface area contributed by atoms with Gasteiger partial charge in [0.15, 0.2) is 18.5 Å². The molecule has 9 nitrogen and oxygen atoms in total. The summed E-state index contributed by atoms with van der Waals surface area (Å²) >= 11 is 0. The zero-order chi connectivity index (χ0) is 19.6. The summed E-state index contributed by atoms with van der Waals surface area (Å²) in [5.41, 5.74) is 0. The Bertz CT molecular complexity index is 443. The predicted molar refractivity (Wildman–Crippen MR) is 88.2 cm³/mol. The molecule has 0 amide bonds. The van der Waals surface area contributed by atoms with Crippen molar-refractivity contribution in [1.82, 2.24) is 0 Å². The van der Waals surface area contributed by atoms with E-state index in [0.29, 0.717) is 6.32 Å². The van der Waals surface area contributed by atoms with E-state index in [4.69, 9.17) is 18.9 Å². The minimum atomic E-state index is -1.61. The zero-order valence-corrected chi connectivity index (χ0v) is 15.3. The van der Waals surface area contributed by atoms with E-state index in [0.717, 1.165) is 13.8 Å². The lowest BCUT2D eigenvalue weighted by molar-refractivity contribution is -0.228. The average Bonchev–Trinajstić information content (AvgIpc) is 2.52. The van der Waals surface area contributed by atoms with E-state index < -0.39 is 48.4 Å². The molecule has 0 spiro atoms. The highest BCUT2D eigenvalue weighted by Crippen LogP contribution is 2.20. The molecular weight excluding hydrogens is 335 g/mol. The Balaban J connectivity index is 5.37. The molecule has 2 N–H and O–H groups in total. The molecule has 0 aromatic carbocycles. The van der Waals surface area contributed by atoms with Crippen LogP contribution >= 0.6 is 0 Å². The van der Waals surface area contributed by atoms with Crippen LogP contribution in [0.25, 0.3) is 0 Å². The molecule has 0 aliphatic rings. The van der Waals surface area contributed by atoms with Crippen LogP contribution in [-0.2, 0) is 33.3 Å². The average molecular weight is 362 g/mol. The quantitative estimate of drug-likeness (QED) is 0.201. The fourth-order valence-electron chi connectivity index (χ4n) is 2.01. The minimum absolute atomic E-state index is 0.146. The van der Waals surface area contributed by atoms with Gasteiger partial charge in [0.25, 0.3) is 0 Å². The van der Waals surface area contributed by atoms with Crippen LogP contribution in [0.5, 0.6) is 0 Å². The SMILES string of the molecule is BCCO[C@@H](O)C(OC(C)=O)C(OC(C)=O)[C@H](O)C(C)COC(C)=O. The van der Waals surface area contributed by atoms with Gasteiger partial charge >= 0.3 is 17.9 Å². The van der Waals surface area contributed by atoms with Gasteiger partial charge in [0.05, 0.1) is 6.61 Å². The van der Waals surface area contributed by atoms with Crippen molar-refractivity contribution < 1.29 is 43.5 Å². The van der Waals surface area contributed by atoms with Gasteiger partial charge in [-0.2, -0.15) is 0 Å². The summed E-state index contributed by atoms with van der Waals surface area (Å²) in [6, 6.07) is 0. The highest BCUT2D eigenvalue weighted by molar-refractivity contribution is 6.08. The lowest BCUT2D eigenvalue weighted by Gasteiger charge is -2.34. The number of carbonyl (C=O) groups is 3. The van der Waals surface area contributed by atoms with Gasteiger partial charge in [0, 0.05) is 33.3 Å². The standard InChI is InChI=1S/C15H27BO9/c1-8(7-23-9(2)17)12(20)13(24-10(3)18)14(25-11(4)19)15(21)22-6-5-16/h8,12-15,20-21H,5-7,16H2,1-4H3/t8?,12-,13?,14?,15-/m1/s1. The van der Waals surface area contributed by atoms with Crippen molar-refractivity contribution >= 4 is 25.8 Å². The van der Waals surface area contributed by atoms with Gasteiger partial charge in [-0.05, 0) is 0 Å². The van der Waals surface area contributed by atoms with E-state index in [1.807, 2.05) is 7.85 Å². The fourth-order valence-corrected chi connectivity index (χ4v) is 2.01. The van der Waals surface area contributed by atoms with Crippen molar-refractivity contribution in [3.63, 3.8) is 0 Å². The molecule has 0 aromatic rings. The van der Waals surface area contributed by atoms with Gasteiger partial charge in [-0.3, -0.25) is 14.4 Å². The van der Waals surface area contributed by atoms with Gasteiger partial charge in [-0.15, -0.1) is 0 Å². The molecule has 3 unspecified atom stereocenters. The predicted octanol–water partition coefficient (Wildman–Crippen LogP) is -1.20. The normalized spacial score (nSPS) is 16.9. The van der Waals surface area contributed by atoms with Crippen LogP contribution in [-0.4, -0.2) is 73.8 Å². The van der Waals surface area contributed by atoms with Crippen LogP contribution in [0.2, 0.25) is 6.32 Å². The molecule has 0 radical (unpaired) electrons. The first-order valence-electron chi connectivity index (χ1n) is 8.05. The summed E-state index contributed by atoms with van der Waals surface area (Å²) in [6.45, 7) is 5.01. The molecule has 0 aromatic heterocycles. The highest BCUT2D eigenvalue weighted by Gasteiger charge is 2.41.